The zero-order chi connectivity index (χ0) is 20.8. The average molecular weight is 454 g/mol. The molecule has 4 rings (SSSR count). The van der Waals surface area contributed by atoms with E-state index in [0.717, 1.165) is 50.5 Å². The number of fused-ring (bicyclic) bond motifs is 3. The van der Waals surface area contributed by atoms with Crippen LogP contribution in [0.4, 0.5) is 4.79 Å². The van der Waals surface area contributed by atoms with Gasteiger partial charge in [0.05, 0.1) is 17.1 Å². The van der Waals surface area contributed by atoms with E-state index in [1.165, 1.54) is 0 Å². The number of rotatable bonds is 1. The molecule has 2 aromatic carbocycles. The molecule has 1 saturated heterocycles. The molecule has 1 fully saturated rings. The topological polar surface area (TPSA) is 58.2 Å². The number of hydrogen-bond donors (Lipinski definition) is 1. The van der Waals surface area contributed by atoms with E-state index in [0.29, 0.717) is 6.54 Å². The van der Waals surface area contributed by atoms with Gasteiger partial charge in [-0.05, 0) is 58.7 Å². The van der Waals surface area contributed by atoms with Gasteiger partial charge in [0.15, 0.2) is 0 Å². The molecule has 1 aliphatic heterocycles. The van der Waals surface area contributed by atoms with Crippen LogP contribution < -0.4 is 0 Å². The largest absolute Gasteiger partial charge is 0.444 e. The van der Waals surface area contributed by atoms with Crippen molar-refractivity contribution in [1.82, 2.24) is 14.9 Å². The fraction of sp³-hybridized carbons (Fsp3) is 0.391. The second-order valence-corrected chi connectivity index (χ2v) is 9.25. The third-order valence-corrected chi connectivity index (χ3v) is 5.52. The quantitative estimate of drug-likeness (QED) is 0.465. The Hall–Kier alpha value is -2.52. The monoisotopic (exact) mass is 453 g/mol. The Balaban J connectivity index is 1.80. The first-order valence-electron chi connectivity index (χ1n) is 9.81. The molecule has 5 nitrogen and oxygen atoms in total. The van der Waals surface area contributed by atoms with Gasteiger partial charge >= 0.3 is 6.09 Å². The van der Waals surface area contributed by atoms with Gasteiger partial charge in [-0.1, -0.05) is 27.9 Å². The first-order valence-corrected chi connectivity index (χ1v) is 10.6. The number of halogens is 1. The van der Waals surface area contributed by atoms with Gasteiger partial charge in [0, 0.05) is 27.4 Å². The molecule has 150 valence electrons. The molecule has 3 aromatic rings. The maximum atomic E-state index is 12.7. The number of aromatic nitrogens is 2. The number of likely N-dealkylation sites (tertiary alicyclic amines) is 1. The summed E-state index contributed by atoms with van der Waals surface area (Å²) in [7, 11) is 0. The van der Waals surface area contributed by atoms with Crippen LogP contribution in [-0.2, 0) is 4.74 Å². The Labute approximate surface area is 178 Å². The minimum atomic E-state index is -0.518. The van der Waals surface area contributed by atoms with Crippen LogP contribution in [0.25, 0.3) is 21.8 Å². The molecule has 29 heavy (non-hydrogen) atoms. The van der Waals surface area contributed by atoms with Gasteiger partial charge < -0.3 is 9.72 Å². The molecule has 0 radical (unpaired) electrons. The molecule has 0 spiro atoms. The van der Waals surface area contributed by atoms with E-state index in [4.69, 9.17) is 9.72 Å². The highest BCUT2D eigenvalue weighted by molar-refractivity contribution is 9.10. The normalized spacial score (nSPS) is 16.9. The van der Waals surface area contributed by atoms with Gasteiger partial charge in [-0.15, -0.1) is 5.92 Å². The van der Waals surface area contributed by atoms with Crippen LogP contribution in [0.15, 0.2) is 28.7 Å². The maximum Gasteiger partial charge on any atom is 0.410 e. The second kappa shape index (κ2) is 7.38. The third-order valence-electron chi connectivity index (χ3n) is 5.02. The number of aromatic amines is 1. The molecule has 1 aromatic heterocycles. The van der Waals surface area contributed by atoms with Crippen molar-refractivity contribution in [3.05, 3.63) is 40.1 Å². The van der Waals surface area contributed by atoms with E-state index in [9.17, 15) is 4.79 Å². The van der Waals surface area contributed by atoms with Crippen molar-refractivity contribution >= 4 is 43.8 Å². The molecular formula is C23H24BrN3O2. The summed E-state index contributed by atoms with van der Waals surface area (Å²) >= 11 is 3.55. The zero-order valence-corrected chi connectivity index (χ0v) is 18.7. The number of carbonyl (C=O) groups excluding carboxylic acids is 1. The maximum absolute atomic E-state index is 12.7. The smallest absolute Gasteiger partial charge is 0.410 e. The Kier molecular flexibility index (Phi) is 5.04. The Morgan fingerprint density at radius 2 is 2.10 bits per heavy atom. The first kappa shape index (κ1) is 19.8. The van der Waals surface area contributed by atoms with Crippen LogP contribution in [0.1, 0.15) is 58.0 Å². The number of nitrogens with one attached hydrogen (secondary N) is 1. The summed E-state index contributed by atoms with van der Waals surface area (Å²) in [5.74, 6) is 7.00. The summed E-state index contributed by atoms with van der Waals surface area (Å²) in [6, 6.07) is 8.09. The minimum Gasteiger partial charge on any atom is -0.444 e. The van der Waals surface area contributed by atoms with Gasteiger partial charge in [0.25, 0.3) is 0 Å². The molecule has 0 aliphatic carbocycles. The number of ether oxygens (including phenoxy) is 1. The number of hydrogen-bond acceptors (Lipinski definition) is 3. The van der Waals surface area contributed by atoms with Crippen LogP contribution in [0.2, 0.25) is 0 Å². The van der Waals surface area contributed by atoms with Crippen LogP contribution >= 0.6 is 15.9 Å². The lowest BCUT2D eigenvalue weighted by atomic mass is 10.0. The van der Waals surface area contributed by atoms with Gasteiger partial charge in [0.2, 0.25) is 0 Å². The number of amides is 1. The first-order chi connectivity index (χ1) is 13.8. The summed E-state index contributed by atoms with van der Waals surface area (Å²) in [6.07, 6.45) is 1.51. The van der Waals surface area contributed by atoms with Gasteiger partial charge in [0.1, 0.15) is 11.4 Å². The predicted octanol–water partition coefficient (Wildman–Crippen LogP) is 5.92. The van der Waals surface area contributed by atoms with Crippen LogP contribution in [0.3, 0.4) is 0 Å². The lowest BCUT2D eigenvalue weighted by Gasteiger charge is -2.27. The van der Waals surface area contributed by atoms with Crippen molar-refractivity contribution in [1.29, 1.82) is 0 Å². The molecule has 0 saturated carbocycles. The van der Waals surface area contributed by atoms with E-state index < -0.39 is 5.60 Å². The predicted molar refractivity (Wildman–Crippen MR) is 119 cm³/mol. The van der Waals surface area contributed by atoms with Crippen molar-refractivity contribution in [2.45, 2.75) is 52.2 Å². The average Bonchev–Trinajstić information content (AvgIpc) is 3.27. The number of H-pyrrole nitrogens is 1. The molecule has 0 bridgehead atoms. The Bertz CT molecular complexity index is 1160. The number of nitrogens with zero attached hydrogens (tertiary/aromatic N) is 2. The number of imidazole rings is 1. The van der Waals surface area contributed by atoms with E-state index in [1.807, 2.05) is 39.8 Å². The fourth-order valence-electron chi connectivity index (χ4n) is 3.87. The van der Waals surface area contributed by atoms with E-state index in [2.05, 4.69) is 44.9 Å². The van der Waals surface area contributed by atoms with E-state index in [1.54, 1.807) is 4.90 Å². The summed E-state index contributed by atoms with van der Waals surface area (Å²) in [5, 5.41) is 2.11. The van der Waals surface area contributed by atoms with E-state index >= 15 is 0 Å². The third kappa shape index (κ3) is 3.84. The van der Waals surface area contributed by atoms with Gasteiger partial charge in [-0.2, -0.15) is 0 Å². The lowest BCUT2D eigenvalue weighted by Crippen LogP contribution is -2.36. The summed E-state index contributed by atoms with van der Waals surface area (Å²) in [6.45, 7) is 8.17. The van der Waals surface area contributed by atoms with Crippen molar-refractivity contribution < 1.29 is 9.53 Å². The summed E-state index contributed by atoms with van der Waals surface area (Å²) < 4.78 is 6.61. The number of carbonyl (C=O) groups is 1. The molecule has 2 heterocycles. The zero-order valence-electron chi connectivity index (χ0n) is 17.1. The lowest BCUT2D eigenvalue weighted by molar-refractivity contribution is 0.0219. The van der Waals surface area contributed by atoms with E-state index in [-0.39, 0.29) is 12.1 Å². The number of benzene rings is 2. The molecule has 1 N–H and O–H groups in total. The Morgan fingerprint density at radius 3 is 2.83 bits per heavy atom. The minimum absolute atomic E-state index is 0.108. The molecule has 1 aliphatic rings. The molecule has 1 atom stereocenters. The molecular weight excluding hydrogens is 430 g/mol. The SMILES string of the molecule is CC#Cc1cc2[nH]c([C@@H]3CCCN3C(=O)OC(C)(C)C)nc2c2ccc(Br)cc12. The fourth-order valence-corrected chi connectivity index (χ4v) is 4.23. The van der Waals surface area contributed by atoms with Crippen LogP contribution in [-0.4, -0.2) is 33.1 Å². The van der Waals surface area contributed by atoms with Gasteiger partial charge in [-0.3, -0.25) is 4.90 Å². The van der Waals surface area contributed by atoms with Gasteiger partial charge in [-0.25, -0.2) is 9.78 Å². The second-order valence-electron chi connectivity index (χ2n) is 8.34. The van der Waals surface area contributed by atoms with Crippen LogP contribution in [0.5, 0.6) is 0 Å². The van der Waals surface area contributed by atoms with Crippen molar-refractivity contribution in [2.24, 2.45) is 0 Å². The summed E-state index contributed by atoms with van der Waals surface area (Å²) in [5.41, 5.74) is 2.28. The van der Waals surface area contributed by atoms with Crippen molar-refractivity contribution in [3.63, 3.8) is 0 Å². The summed E-state index contributed by atoms with van der Waals surface area (Å²) in [4.78, 5) is 22.8. The van der Waals surface area contributed by atoms with Crippen molar-refractivity contribution in [3.8, 4) is 11.8 Å². The molecule has 0 unspecified atom stereocenters. The highest BCUT2D eigenvalue weighted by Gasteiger charge is 2.35. The Morgan fingerprint density at radius 1 is 1.31 bits per heavy atom. The highest BCUT2D eigenvalue weighted by Crippen LogP contribution is 2.35. The molecule has 6 heteroatoms. The molecule has 1 amide bonds. The van der Waals surface area contributed by atoms with Crippen molar-refractivity contribution in [2.75, 3.05) is 6.54 Å². The van der Waals surface area contributed by atoms with Crippen LogP contribution in [0, 0.1) is 11.8 Å². The highest BCUT2D eigenvalue weighted by atomic mass is 79.9. The standard InChI is InChI=1S/C23H24BrN3O2/c1-5-7-14-12-18-20(16-10-9-15(24)13-17(14)16)26-21(25-18)19-8-6-11-27(19)22(28)29-23(2,3)4/h9-10,12-13,19H,6,8,11H2,1-4H3,(H,25,26)/t19-/m0/s1.